The molecule has 1 aromatic carbocycles. The molecule has 2 atom stereocenters. The molecule has 1 aromatic heterocycles. The van der Waals surface area contributed by atoms with E-state index in [1.165, 1.54) is 0 Å². The van der Waals surface area contributed by atoms with Crippen molar-refractivity contribution in [2.24, 2.45) is 10.9 Å². The average molecular weight is 461 g/mol. The number of fused-ring (bicyclic) bond motifs is 1. The van der Waals surface area contributed by atoms with Crippen molar-refractivity contribution in [3.8, 4) is 11.5 Å². The maximum atomic E-state index is 6.25. The lowest BCUT2D eigenvalue weighted by atomic mass is 10.1. The van der Waals surface area contributed by atoms with Gasteiger partial charge in [-0.05, 0) is 35.2 Å². The number of aliphatic imine (C=N–C) groups is 1. The lowest BCUT2D eigenvalue weighted by molar-refractivity contribution is 0.224. The van der Waals surface area contributed by atoms with Gasteiger partial charge in [0.05, 0.1) is 9.72 Å². The van der Waals surface area contributed by atoms with Crippen LogP contribution < -0.4 is 0 Å². The van der Waals surface area contributed by atoms with Crippen molar-refractivity contribution in [1.82, 2.24) is 4.98 Å². The Morgan fingerprint density at radius 2 is 1.87 bits per heavy atom. The molecule has 0 bridgehead atoms. The van der Waals surface area contributed by atoms with Crippen LogP contribution in [0.5, 0.6) is 0 Å². The summed E-state index contributed by atoms with van der Waals surface area (Å²) in [5.74, 6) is 4.60. The van der Waals surface area contributed by atoms with Crippen LogP contribution in [0.4, 0.5) is 5.13 Å². The van der Waals surface area contributed by atoms with Gasteiger partial charge >= 0.3 is 0 Å². The summed E-state index contributed by atoms with van der Waals surface area (Å²) >= 11 is 7.80. The molecule has 0 spiro atoms. The molecule has 2 aromatic rings. The zero-order valence-electron chi connectivity index (χ0n) is 19.1. The normalized spacial score (nSPS) is 21.0. The van der Waals surface area contributed by atoms with E-state index in [1.807, 2.05) is 18.2 Å². The summed E-state index contributed by atoms with van der Waals surface area (Å²) in [6.45, 7) is 16.3. The van der Waals surface area contributed by atoms with Crippen molar-refractivity contribution in [3.05, 3.63) is 23.2 Å². The third-order valence-electron chi connectivity index (χ3n) is 6.39. The second-order valence-corrected chi connectivity index (χ2v) is 16.3. The van der Waals surface area contributed by atoms with Crippen LogP contribution in [0.3, 0.4) is 0 Å². The van der Waals surface area contributed by atoms with Crippen LogP contribution >= 0.6 is 22.9 Å². The van der Waals surface area contributed by atoms with Crippen LogP contribution in [-0.4, -0.2) is 25.1 Å². The second-order valence-electron chi connectivity index (χ2n) is 9.31. The number of hydrogen-bond donors (Lipinski definition) is 0. The first-order valence-electron chi connectivity index (χ1n) is 10.9. The molecule has 1 saturated heterocycles. The minimum absolute atomic E-state index is 0.113. The van der Waals surface area contributed by atoms with Crippen molar-refractivity contribution in [3.63, 3.8) is 0 Å². The van der Waals surface area contributed by atoms with E-state index >= 15 is 0 Å². The van der Waals surface area contributed by atoms with Crippen LogP contribution in [0.2, 0.25) is 21.6 Å². The average Bonchev–Trinajstić information content (AvgIpc) is 3.22. The summed E-state index contributed by atoms with van der Waals surface area (Å²) in [5, 5.41) is 1.37. The van der Waals surface area contributed by atoms with Gasteiger partial charge in [-0.3, -0.25) is 0 Å². The molecule has 0 N–H and O–H groups in total. The van der Waals surface area contributed by atoms with Gasteiger partial charge in [0.15, 0.2) is 5.90 Å². The Kier molecular flexibility index (Phi) is 7.32. The van der Waals surface area contributed by atoms with Gasteiger partial charge in [0.2, 0.25) is 5.13 Å². The molecule has 0 amide bonds. The van der Waals surface area contributed by atoms with E-state index in [2.05, 4.69) is 64.9 Å². The number of halogens is 1. The molecule has 1 aliphatic heterocycles. The van der Waals surface area contributed by atoms with Gasteiger partial charge in [-0.25, -0.2) is 4.98 Å². The molecule has 2 unspecified atom stereocenters. The third-order valence-corrected chi connectivity index (χ3v) is 14.0. The highest BCUT2D eigenvalue weighted by Gasteiger charge is 2.41. The number of aromatic nitrogens is 1. The smallest absolute Gasteiger partial charge is 0.213 e. The number of thiazole rings is 1. The Morgan fingerprint density at radius 1 is 1.20 bits per heavy atom. The Hall–Kier alpha value is -1.35. The summed E-state index contributed by atoms with van der Waals surface area (Å²) in [4.78, 5) is 9.30. The molecule has 6 heteroatoms. The predicted octanol–water partition coefficient (Wildman–Crippen LogP) is 8.02. The van der Waals surface area contributed by atoms with Gasteiger partial charge in [0.1, 0.15) is 19.7 Å². The topological polar surface area (TPSA) is 34.5 Å². The Bertz CT molecular complexity index is 964. The lowest BCUT2D eigenvalue weighted by Gasteiger charge is -2.38. The molecule has 30 heavy (non-hydrogen) atoms. The fourth-order valence-electron chi connectivity index (χ4n) is 4.89. The van der Waals surface area contributed by atoms with Crippen molar-refractivity contribution in [1.29, 1.82) is 0 Å². The summed E-state index contributed by atoms with van der Waals surface area (Å²) in [5.41, 5.74) is 6.57. The first-order chi connectivity index (χ1) is 14.1. The van der Waals surface area contributed by atoms with Gasteiger partial charge in [-0.2, -0.15) is 4.99 Å². The predicted molar refractivity (Wildman–Crippen MR) is 134 cm³/mol. The number of nitrogens with zero attached hydrogens (tertiary/aromatic N) is 2. The number of para-hydroxylation sites is 1. The molecular formula is C24H33ClN2OSSi. The molecule has 0 saturated carbocycles. The molecular weight excluding hydrogens is 428 g/mol. The summed E-state index contributed by atoms with van der Waals surface area (Å²) < 4.78 is 7.25. The van der Waals surface area contributed by atoms with Crippen LogP contribution in [0.15, 0.2) is 23.2 Å². The summed E-state index contributed by atoms with van der Waals surface area (Å²) in [6, 6.07) is 5.82. The molecule has 162 valence electrons. The van der Waals surface area contributed by atoms with Crippen LogP contribution in [-0.2, 0) is 4.74 Å². The third kappa shape index (κ3) is 4.61. The highest BCUT2D eigenvalue weighted by atomic mass is 35.5. The molecule has 2 heterocycles. The first kappa shape index (κ1) is 23.3. The van der Waals surface area contributed by atoms with E-state index in [1.54, 1.807) is 11.3 Å². The van der Waals surface area contributed by atoms with Crippen LogP contribution in [0.25, 0.3) is 10.2 Å². The van der Waals surface area contributed by atoms with E-state index in [9.17, 15) is 0 Å². The van der Waals surface area contributed by atoms with Crippen LogP contribution in [0, 0.1) is 17.4 Å². The number of hydrogen-bond acceptors (Lipinski definition) is 4. The second kappa shape index (κ2) is 9.42. The fourth-order valence-corrected chi connectivity index (χ4v) is 11.3. The van der Waals surface area contributed by atoms with Gasteiger partial charge in [0, 0.05) is 12.3 Å². The van der Waals surface area contributed by atoms with Gasteiger partial charge in [-0.1, -0.05) is 77.5 Å². The number of ether oxygens (including phenoxy) is 1. The number of rotatable bonds is 5. The van der Waals surface area contributed by atoms with Crippen molar-refractivity contribution < 1.29 is 4.74 Å². The SMILES string of the molecule is CC1CC(CC#C[Si](C(C)C)(C(C)C)C(C)C)O/C1=N\c1nc2c(Cl)cccc2s1. The Balaban J connectivity index is 1.74. The summed E-state index contributed by atoms with van der Waals surface area (Å²) in [7, 11) is -1.69. The molecule has 1 aliphatic rings. The highest BCUT2D eigenvalue weighted by Crippen LogP contribution is 2.41. The minimum atomic E-state index is -1.69. The van der Waals surface area contributed by atoms with E-state index < -0.39 is 8.07 Å². The van der Waals surface area contributed by atoms with Crippen molar-refractivity contribution >= 4 is 52.3 Å². The highest BCUT2D eigenvalue weighted by molar-refractivity contribution is 7.22. The Morgan fingerprint density at radius 3 is 2.47 bits per heavy atom. The minimum Gasteiger partial charge on any atom is -0.476 e. The zero-order valence-corrected chi connectivity index (χ0v) is 21.7. The maximum Gasteiger partial charge on any atom is 0.213 e. The van der Waals surface area contributed by atoms with Crippen molar-refractivity contribution in [2.75, 3.05) is 0 Å². The maximum absolute atomic E-state index is 6.25. The number of benzene rings is 1. The van der Waals surface area contributed by atoms with E-state index in [0.717, 1.165) is 29.0 Å². The summed E-state index contributed by atoms with van der Waals surface area (Å²) in [6.07, 6.45) is 1.84. The standard InChI is InChI=1S/C24H33ClN2OSSi/c1-15(2)30(16(3)4,17(5)6)13-9-10-19-14-18(7)23(28-19)27-24-26-22-20(25)11-8-12-21(22)29-24/h8,11-12,15-19H,10,14H2,1-7H3/b27-23-. The molecule has 1 fully saturated rings. The molecule has 3 rings (SSSR count). The molecule has 3 nitrogen and oxygen atoms in total. The lowest BCUT2D eigenvalue weighted by Crippen LogP contribution is -2.43. The monoisotopic (exact) mass is 460 g/mol. The van der Waals surface area contributed by atoms with E-state index in [-0.39, 0.29) is 12.0 Å². The van der Waals surface area contributed by atoms with Gasteiger partial charge in [0.25, 0.3) is 0 Å². The zero-order chi connectivity index (χ0) is 22.1. The molecule has 0 aliphatic carbocycles. The van der Waals surface area contributed by atoms with Gasteiger partial charge in [-0.15, -0.1) is 11.5 Å². The van der Waals surface area contributed by atoms with Crippen LogP contribution in [0.1, 0.15) is 61.3 Å². The molecule has 0 radical (unpaired) electrons. The van der Waals surface area contributed by atoms with E-state index in [0.29, 0.717) is 26.8 Å². The quantitative estimate of drug-likeness (QED) is 0.334. The fraction of sp³-hybridized carbons (Fsp3) is 0.583. The van der Waals surface area contributed by atoms with Crippen molar-refractivity contribution in [2.45, 2.75) is 84.0 Å². The Labute approximate surface area is 191 Å². The first-order valence-corrected chi connectivity index (χ1v) is 14.4. The van der Waals surface area contributed by atoms with E-state index in [4.69, 9.17) is 21.3 Å². The van der Waals surface area contributed by atoms with Gasteiger partial charge < -0.3 is 4.74 Å². The largest absolute Gasteiger partial charge is 0.476 e.